The number of nitrogens with zero attached hydrogens (tertiary/aromatic N) is 5. The largest absolute Gasteiger partial charge is 0.476 e. The number of amides is 1. The van der Waals surface area contributed by atoms with Crippen LogP contribution in [-0.2, 0) is 19.5 Å². The fraction of sp³-hybridized carbons (Fsp3) is 0.410. The molecule has 252 valence electrons. The van der Waals surface area contributed by atoms with Gasteiger partial charge in [0.05, 0.1) is 16.4 Å². The number of hydrogen-bond donors (Lipinski definition) is 2. The van der Waals surface area contributed by atoms with Gasteiger partial charge in [0.1, 0.15) is 5.82 Å². The monoisotopic (exact) mass is 674 g/mol. The summed E-state index contributed by atoms with van der Waals surface area (Å²) in [6.07, 6.45) is 8.91. The van der Waals surface area contributed by atoms with Crippen LogP contribution in [-0.4, -0.2) is 43.3 Å². The Hall–Kier alpha value is -4.57. The first-order chi connectivity index (χ1) is 23.6. The fourth-order valence-electron chi connectivity index (χ4n) is 9.37. The summed E-state index contributed by atoms with van der Waals surface area (Å²) >= 11 is 1.45. The number of fused-ring (bicyclic) bond motifs is 4. The highest BCUT2D eigenvalue weighted by Crippen LogP contribution is 2.53. The van der Waals surface area contributed by atoms with Gasteiger partial charge in [0.15, 0.2) is 10.8 Å². The number of aromatic carboxylic acids is 1. The minimum absolute atomic E-state index is 0.0172. The molecule has 1 aliphatic heterocycles. The van der Waals surface area contributed by atoms with Crippen molar-refractivity contribution in [1.29, 1.82) is 0 Å². The van der Waals surface area contributed by atoms with Crippen molar-refractivity contribution in [2.45, 2.75) is 72.4 Å². The predicted molar refractivity (Wildman–Crippen MR) is 193 cm³/mol. The third-order valence-corrected chi connectivity index (χ3v) is 12.0. The molecule has 2 bridgehead atoms. The molecule has 5 aromatic rings. The predicted octanol–water partition coefficient (Wildman–Crippen LogP) is 8.23. The maximum atomic E-state index is 13.5. The summed E-state index contributed by atoms with van der Waals surface area (Å²) in [5.74, 6) is 1.55. The molecule has 2 saturated carbocycles. The number of para-hydroxylation sites is 1. The van der Waals surface area contributed by atoms with E-state index >= 15 is 0 Å². The number of carboxylic acids is 1. The Kier molecular flexibility index (Phi) is 8.01. The maximum Gasteiger partial charge on any atom is 0.355 e. The highest BCUT2D eigenvalue weighted by Gasteiger charge is 2.44. The number of pyridine rings is 1. The number of carbonyl (C=O) groups is 2. The molecular weight excluding hydrogens is 633 g/mol. The Labute approximate surface area is 290 Å². The Morgan fingerprint density at radius 3 is 2.55 bits per heavy atom. The van der Waals surface area contributed by atoms with Crippen molar-refractivity contribution in [3.8, 4) is 11.1 Å². The van der Waals surface area contributed by atoms with Crippen LogP contribution >= 0.6 is 11.3 Å². The number of carboxylic acid groups (broad SMARTS) is 1. The number of hydrogen-bond acceptors (Lipinski definition) is 7. The second-order valence-corrected chi connectivity index (χ2v) is 15.9. The second-order valence-electron chi connectivity index (χ2n) is 14.9. The van der Waals surface area contributed by atoms with Crippen LogP contribution in [0.5, 0.6) is 0 Å². The lowest BCUT2D eigenvalue weighted by atomic mass is 9.57. The summed E-state index contributed by atoms with van der Waals surface area (Å²) in [4.78, 5) is 37.6. The Morgan fingerprint density at radius 2 is 1.78 bits per heavy atom. The lowest BCUT2D eigenvalue weighted by Gasteiger charge is -2.50. The van der Waals surface area contributed by atoms with Gasteiger partial charge < -0.3 is 10.0 Å². The zero-order valence-electron chi connectivity index (χ0n) is 28.3. The molecule has 2 fully saturated rings. The Bertz CT molecular complexity index is 2030. The lowest BCUT2D eigenvalue weighted by Crippen LogP contribution is -2.42. The average molecular weight is 675 g/mol. The van der Waals surface area contributed by atoms with Crippen molar-refractivity contribution >= 4 is 44.4 Å². The maximum absolute atomic E-state index is 13.5. The molecule has 3 aromatic heterocycles. The number of anilines is 2. The molecule has 2 atom stereocenters. The van der Waals surface area contributed by atoms with Gasteiger partial charge in [-0.25, -0.2) is 14.8 Å². The second kappa shape index (κ2) is 12.4. The van der Waals surface area contributed by atoms with Gasteiger partial charge in [-0.15, -0.1) is 0 Å². The Morgan fingerprint density at radius 1 is 0.980 bits per heavy atom. The molecule has 0 spiro atoms. The van der Waals surface area contributed by atoms with Crippen LogP contribution in [0.25, 0.3) is 21.3 Å². The molecule has 49 heavy (non-hydrogen) atoms. The summed E-state index contributed by atoms with van der Waals surface area (Å²) in [5.41, 5.74) is 6.11. The van der Waals surface area contributed by atoms with Crippen LogP contribution in [0, 0.1) is 30.1 Å². The molecule has 0 saturated heterocycles. The number of benzene rings is 2. The third-order valence-electron chi connectivity index (χ3n) is 11.1. The lowest BCUT2D eigenvalue weighted by molar-refractivity contribution is 0.00176. The van der Waals surface area contributed by atoms with Gasteiger partial charge in [0.25, 0.3) is 5.91 Å². The molecule has 3 aliphatic rings. The van der Waals surface area contributed by atoms with Crippen molar-refractivity contribution in [1.82, 2.24) is 19.7 Å². The molecule has 9 nitrogen and oxygen atoms in total. The first-order valence-corrected chi connectivity index (χ1v) is 18.3. The van der Waals surface area contributed by atoms with Crippen LogP contribution in [0.2, 0.25) is 0 Å². The highest BCUT2D eigenvalue weighted by molar-refractivity contribution is 7.22. The summed E-state index contributed by atoms with van der Waals surface area (Å²) < 4.78 is 3.13. The highest BCUT2D eigenvalue weighted by atomic mass is 32.1. The van der Waals surface area contributed by atoms with Gasteiger partial charge in [-0.05, 0) is 110 Å². The van der Waals surface area contributed by atoms with E-state index in [0.29, 0.717) is 35.2 Å². The van der Waals surface area contributed by atoms with E-state index in [9.17, 15) is 14.7 Å². The summed E-state index contributed by atoms with van der Waals surface area (Å²) in [7, 11) is 0. The number of rotatable bonds is 7. The Balaban J connectivity index is 1.04. The van der Waals surface area contributed by atoms with Gasteiger partial charge in [0, 0.05) is 42.0 Å². The van der Waals surface area contributed by atoms with E-state index in [1.807, 2.05) is 54.7 Å². The molecule has 2 unspecified atom stereocenters. The molecule has 4 heterocycles. The van der Waals surface area contributed by atoms with Crippen molar-refractivity contribution in [2.24, 2.45) is 23.2 Å². The van der Waals surface area contributed by atoms with Gasteiger partial charge in [-0.3, -0.25) is 14.8 Å². The zero-order chi connectivity index (χ0) is 33.9. The SMILES string of the molecule is Cc1c(-c2ccc(N3CCc4cccc(C(=O)Nc5nc6ccccc6s5)c4C3)nc2C(=O)O)cnn1CC12CC(C)CC(CC(C)C1)C2. The number of aromatic nitrogens is 4. The molecule has 10 heteroatoms. The van der Waals surface area contributed by atoms with Crippen molar-refractivity contribution in [2.75, 3.05) is 16.8 Å². The quantitative estimate of drug-likeness (QED) is 0.179. The molecule has 1 amide bonds. The van der Waals surface area contributed by atoms with E-state index < -0.39 is 5.97 Å². The topological polar surface area (TPSA) is 113 Å². The molecule has 2 N–H and O–H groups in total. The van der Waals surface area contributed by atoms with E-state index in [1.165, 1.54) is 43.4 Å². The van der Waals surface area contributed by atoms with Crippen molar-refractivity contribution < 1.29 is 14.7 Å². The summed E-state index contributed by atoms with van der Waals surface area (Å²) in [6, 6.07) is 17.4. The summed E-state index contributed by atoms with van der Waals surface area (Å²) in [5, 5.41) is 18.8. The average Bonchev–Trinajstić information content (AvgIpc) is 3.64. The first-order valence-electron chi connectivity index (χ1n) is 17.4. The number of carbonyl (C=O) groups excluding carboxylic acids is 1. The van der Waals surface area contributed by atoms with Gasteiger partial charge in [-0.1, -0.05) is 49.4 Å². The van der Waals surface area contributed by atoms with Gasteiger partial charge >= 0.3 is 5.97 Å². The van der Waals surface area contributed by atoms with Crippen LogP contribution in [0.15, 0.2) is 60.8 Å². The van der Waals surface area contributed by atoms with E-state index in [4.69, 9.17) is 10.1 Å². The molecule has 2 aliphatic carbocycles. The van der Waals surface area contributed by atoms with E-state index in [1.54, 1.807) is 0 Å². The van der Waals surface area contributed by atoms with Gasteiger partial charge in [-0.2, -0.15) is 5.10 Å². The zero-order valence-corrected chi connectivity index (χ0v) is 29.1. The minimum atomic E-state index is -1.07. The number of nitrogens with one attached hydrogen (secondary N) is 1. The first kappa shape index (κ1) is 31.7. The van der Waals surface area contributed by atoms with Gasteiger partial charge in [0.2, 0.25) is 0 Å². The van der Waals surface area contributed by atoms with Crippen LogP contribution in [0.1, 0.15) is 83.6 Å². The van der Waals surface area contributed by atoms with E-state index in [2.05, 4.69) is 46.7 Å². The van der Waals surface area contributed by atoms with E-state index in [-0.39, 0.29) is 17.0 Å². The molecule has 8 rings (SSSR count). The smallest absolute Gasteiger partial charge is 0.355 e. The minimum Gasteiger partial charge on any atom is -0.476 e. The molecule has 0 radical (unpaired) electrons. The van der Waals surface area contributed by atoms with Crippen molar-refractivity contribution in [3.63, 3.8) is 0 Å². The van der Waals surface area contributed by atoms with Crippen LogP contribution < -0.4 is 10.2 Å². The third kappa shape index (κ3) is 6.00. The van der Waals surface area contributed by atoms with Crippen LogP contribution in [0.4, 0.5) is 10.9 Å². The standard InChI is InChI=1S/C39H42N6O3S/c1-23-15-26-16-24(2)18-39(17-23,19-26)22-45-25(3)30(20-40-45)28-11-12-34(42-35(28)37(47)48)44-14-13-27-7-6-8-29(31(27)21-44)36(46)43-38-41-32-9-4-5-10-33(32)49-38/h4-12,20,23-24,26H,13-19,21-22H2,1-3H3,(H,47,48)(H,41,43,46). The van der Waals surface area contributed by atoms with Crippen molar-refractivity contribution in [3.05, 3.63) is 88.9 Å². The summed E-state index contributed by atoms with van der Waals surface area (Å²) in [6.45, 7) is 8.83. The van der Waals surface area contributed by atoms with Crippen LogP contribution in [0.3, 0.4) is 0 Å². The molecular formula is C39H42N6O3S. The van der Waals surface area contributed by atoms with E-state index in [0.717, 1.165) is 63.3 Å². The molecule has 2 aromatic carbocycles. The normalized spacial score (nSPS) is 23.3. The number of thiazole rings is 1. The fourth-order valence-corrected chi connectivity index (χ4v) is 10.2.